The van der Waals surface area contributed by atoms with E-state index in [2.05, 4.69) is 59.1 Å². The number of Topliss-reactive ketones (excluding diaryl/α,β-unsaturated/α-hetero) is 1. The standard InChI is InChI=1S/C46H65ClN2O6/c1-27(2)38-31(50)24-46(34(48-10)23-36(51)49-26-28-11-13-29(47)14-12-28)22-21-44(8)30(39(38)46)15-16-33-43(7)19-18-35(55-37(52)25-41(3,4)40(53)54)42(5,6)32(43)17-20-45(33,44)9/h11-14,23,27,30,32-33,35,48H,15-22,24-26H2,1-10H3,(H,49,51)(H,53,54)/b34-23-/t30-,32+,33-,35+,43+,44-,45-,46+/m1/s1. The van der Waals surface area contributed by atoms with Crippen molar-refractivity contribution >= 4 is 35.2 Å². The van der Waals surface area contributed by atoms with Crippen LogP contribution in [0.25, 0.3) is 0 Å². The number of hydrogen-bond donors (Lipinski definition) is 3. The first-order valence-corrected chi connectivity index (χ1v) is 21.1. The van der Waals surface area contributed by atoms with Crippen molar-refractivity contribution in [3.05, 3.63) is 57.8 Å². The van der Waals surface area contributed by atoms with Crippen LogP contribution in [0.1, 0.15) is 132 Å². The molecule has 0 radical (unpaired) electrons. The van der Waals surface area contributed by atoms with Gasteiger partial charge in [-0.2, -0.15) is 0 Å². The molecule has 0 heterocycles. The Balaban J connectivity index is 1.29. The number of ketones is 1. The number of halogens is 1. The minimum Gasteiger partial charge on any atom is -0.481 e. The molecule has 0 aliphatic heterocycles. The number of carbonyl (C=O) groups excluding carboxylic acids is 3. The maximum absolute atomic E-state index is 14.2. The van der Waals surface area contributed by atoms with Gasteiger partial charge in [-0.3, -0.25) is 19.2 Å². The maximum Gasteiger partial charge on any atom is 0.309 e. The van der Waals surface area contributed by atoms with Crippen LogP contribution in [-0.2, 0) is 30.5 Å². The highest BCUT2D eigenvalue weighted by Crippen LogP contribution is 2.77. The summed E-state index contributed by atoms with van der Waals surface area (Å²) >= 11 is 6.08. The molecule has 5 aliphatic rings. The zero-order chi connectivity index (χ0) is 40.5. The lowest BCUT2D eigenvalue weighted by atomic mass is 9.33. The lowest BCUT2D eigenvalue weighted by Crippen LogP contribution is -2.66. The lowest BCUT2D eigenvalue weighted by Gasteiger charge is -2.72. The number of esters is 1. The summed E-state index contributed by atoms with van der Waals surface area (Å²) in [6.45, 7) is 20.0. The molecule has 9 heteroatoms. The number of aliphatic carboxylic acids is 1. The van der Waals surface area contributed by atoms with E-state index in [9.17, 15) is 24.3 Å². The van der Waals surface area contributed by atoms with Crippen LogP contribution in [0.5, 0.6) is 0 Å². The van der Waals surface area contributed by atoms with Crippen LogP contribution in [0.15, 0.2) is 47.2 Å². The van der Waals surface area contributed by atoms with Gasteiger partial charge in [0.2, 0.25) is 5.91 Å². The average molecular weight is 777 g/mol. The van der Waals surface area contributed by atoms with Gasteiger partial charge in [0.1, 0.15) is 6.10 Å². The van der Waals surface area contributed by atoms with Crippen molar-refractivity contribution in [2.75, 3.05) is 7.05 Å². The summed E-state index contributed by atoms with van der Waals surface area (Å²) in [6, 6.07) is 7.47. The first-order valence-electron chi connectivity index (χ1n) is 20.7. The number of amides is 1. The van der Waals surface area contributed by atoms with Crippen LogP contribution in [-0.4, -0.2) is 41.9 Å². The molecule has 5 aliphatic carbocycles. The Labute approximate surface area is 334 Å². The quantitative estimate of drug-likeness (QED) is 0.160. The first kappa shape index (κ1) is 41.5. The average Bonchev–Trinajstić information content (AvgIpc) is 3.41. The van der Waals surface area contributed by atoms with Crippen LogP contribution in [0.2, 0.25) is 5.02 Å². The van der Waals surface area contributed by atoms with E-state index in [0.717, 1.165) is 68.2 Å². The summed E-state index contributed by atoms with van der Waals surface area (Å²) in [6.07, 6.45) is 9.39. The van der Waals surface area contributed by atoms with Crippen molar-refractivity contribution < 1.29 is 29.0 Å². The molecule has 0 saturated heterocycles. The molecule has 8 nitrogen and oxygen atoms in total. The second-order valence-electron chi connectivity index (χ2n) is 20.1. The van der Waals surface area contributed by atoms with E-state index in [1.807, 2.05) is 31.3 Å². The van der Waals surface area contributed by atoms with E-state index in [-0.39, 0.29) is 57.7 Å². The molecule has 302 valence electrons. The van der Waals surface area contributed by atoms with Crippen molar-refractivity contribution in [2.45, 2.75) is 139 Å². The number of allylic oxidation sites excluding steroid dienone is 2. The Kier molecular flexibility index (Phi) is 10.8. The molecule has 8 atom stereocenters. The predicted octanol–water partition coefficient (Wildman–Crippen LogP) is 9.45. The fourth-order valence-electron chi connectivity index (χ4n) is 13.2. The van der Waals surface area contributed by atoms with Crippen molar-refractivity contribution in [1.29, 1.82) is 0 Å². The molecule has 0 aromatic heterocycles. The molecule has 1 amide bonds. The van der Waals surface area contributed by atoms with Crippen molar-refractivity contribution in [3.8, 4) is 0 Å². The van der Waals surface area contributed by atoms with Gasteiger partial charge in [0.15, 0.2) is 5.78 Å². The van der Waals surface area contributed by atoms with Gasteiger partial charge in [-0.15, -0.1) is 0 Å². The van der Waals surface area contributed by atoms with Gasteiger partial charge in [-0.25, -0.2) is 0 Å². The Morgan fingerprint density at radius 1 is 0.945 bits per heavy atom. The third-order valence-electron chi connectivity index (χ3n) is 16.2. The van der Waals surface area contributed by atoms with Gasteiger partial charge in [0, 0.05) is 47.6 Å². The Morgan fingerprint density at radius 3 is 2.24 bits per heavy atom. The van der Waals surface area contributed by atoms with Gasteiger partial charge in [0.05, 0.1) is 11.8 Å². The molecule has 1 aromatic rings. The van der Waals surface area contributed by atoms with Crippen molar-refractivity contribution in [3.63, 3.8) is 0 Å². The van der Waals surface area contributed by atoms with Gasteiger partial charge in [-0.1, -0.05) is 72.2 Å². The van der Waals surface area contributed by atoms with Crippen LogP contribution < -0.4 is 10.6 Å². The van der Waals surface area contributed by atoms with Crippen LogP contribution in [0.3, 0.4) is 0 Å². The fourth-order valence-corrected chi connectivity index (χ4v) is 13.3. The molecule has 4 saturated carbocycles. The summed E-state index contributed by atoms with van der Waals surface area (Å²) < 4.78 is 6.17. The van der Waals surface area contributed by atoms with Gasteiger partial charge in [0.25, 0.3) is 0 Å². The van der Waals surface area contributed by atoms with Crippen LogP contribution in [0, 0.1) is 56.2 Å². The van der Waals surface area contributed by atoms with E-state index in [4.69, 9.17) is 16.3 Å². The number of fused-ring (bicyclic) bond motifs is 7. The molecular weight excluding hydrogens is 712 g/mol. The Morgan fingerprint density at radius 2 is 1.62 bits per heavy atom. The predicted molar refractivity (Wildman–Crippen MR) is 216 cm³/mol. The Hall–Kier alpha value is -3.13. The summed E-state index contributed by atoms with van der Waals surface area (Å²) in [5.74, 6) is -0.253. The monoisotopic (exact) mass is 776 g/mol. The molecule has 6 rings (SSSR count). The summed E-state index contributed by atoms with van der Waals surface area (Å²) in [5, 5.41) is 16.8. The fraction of sp³-hybridized carbons (Fsp3) is 0.696. The highest BCUT2D eigenvalue weighted by molar-refractivity contribution is 6.30. The molecule has 55 heavy (non-hydrogen) atoms. The van der Waals surface area contributed by atoms with E-state index in [1.54, 1.807) is 19.9 Å². The topological polar surface area (TPSA) is 122 Å². The van der Waals surface area contributed by atoms with Gasteiger partial charge in [-0.05, 0) is 134 Å². The van der Waals surface area contributed by atoms with Crippen LogP contribution >= 0.6 is 11.6 Å². The molecule has 4 fully saturated rings. The first-order chi connectivity index (χ1) is 25.6. The van der Waals surface area contributed by atoms with E-state index in [1.165, 1.54) is 5.57 Å². The number of ether oxygens (including phenoxy) is 1. The molecule has 0 spiro atoms. The number of rotatable bonds is 10. The number of carbonyl (C=O) groups is 4. The van der Waals surface area contributed by atoms with Crippen molar-refractivity contribution in [1.82, 2.24) is 10.6 Å². The number of nitrogens with one attached hydrogen (secondary N) is 2. The largest absolute Gasteiger partial charge is 0.481 e. The third kappa shape index (κ3) is 6.68. The molecule has 0 unspecified atom stereocenters. The summed E-state index contributed by atoms with van der Waals surface area (Å²) in [4.78, 5) is 52.7. The highest BCUT2D eigenvalue weighted by atomic mass is 35.5. The van der Waals surface area contributed by atoms with E-state index >= 15 is 0 Å². The minimum absolute atomic E-state index is 0.0264. The van der Waals surface area contributed by atoms with Crippen molar-refractivity contribution in [2.24, 2.45) is 56.2 Å². The van der Waals surface area contributed by atoms with Gasteiger partial charge >= 0.3 is 11.9 Å². The second kappa shape index (κ2) is 14.4. The molecule has 0 bridgehead atoms. The smallest absolute Gasteiger partial charge is 0.309 e. The summed E-state index contributed by atoms with van der Waals surface area (Å²) in [5.41, 5.74) is 2.14. The normalized spacial score (nSPS) is 35.6. The zero-order valence-electron chi connectivity index (χ0n) is 34.9. The highest BCUT2D eigenvalue weighted by Gasteiger charge is 2.70. The molecule has 1 aromatic carbocycles. The molecule has 3 N–H and O–H groups in total. The minimum atomic E-state index is -1.17. The maximum atomic E-state index is 14.2. The number of carboxylic acids is 1. The Bertz CT molecular complexity index is 1790. The number of hydrogen-bond acceptors (Lipinski definition) is 6. The van der Waals surface area contributed by atoms with E-state index < -0.39 is 22.8 Å². The van der Waals surface area contributed by atoms with Gasteiger partial charge < -0.3 is 20.5 Å². The molecular formula is C46H65ClN2O6. The number of carboxylic acid groups (broad SMARTS) is 1. The second-order valence-corrected chi connectivity index (χ2v) is 20.6. The lowest BCUT2D eigenvalue weighted by molar-refractivity contribution is -0.233. The zero-order valence-corrected chi connectivity index (χ0v) is 35.7. The van der Waals surface area contributed by atoms with E-state index in [0.29, 0.717) is 29.8 Å². The summed E-state index contributed by atoms with van der Waals surface area (Å²) in [7, 11) is 1.89. The van der Waals surface area contributed by atoms with Crippen LogP contribution in [0.4, 0.5) is 0 Å². The third-order valence-corrected chi connectivity index (χ3v) is 16.5. The number of benzene rings is 1. The SMILES string of the molecule is CN/C(=C\C(=O)NCc1ccc(Cl)cc1)[C@@]12CC[C@]3(C)[C@H](CC[C@@H]4[C@@]5(C)CC[C@H](OC(=O)CC(C)(C)C(=O)O)C(C)(C)[C@@H]5CC[C@]43C)C1=C(C(C)C)C(=O)C2.